The van der Waals surface area contributed by atoms with E-state index in [-0.39, 0.29) is 17.7 Å². The average Bonchev–Trinajstić information content (AvgIpc) is 2.81. The van der Waals surface area contributed by atoms with Crippen molar-refractivity contribution in [2.75, 3.05) is 19.5 Å². The van der Waals surface area contributed by atoms with E-state index in [1.807, 2.05) is 6.92 Å². The van der Waals surface area contributed by atoms with Crippen molar-refractivity contribution in [3.8, 4) is 0 Å². The molecule has 0 unspecified atom stereocenters. The van der Waals surface area contributed by atoms with Crippen molar-refractivity contribution in [2.45, 2.75) is 25.8 Å². The number of nitrogens with zero attached hydrogens (tertiary/aromatic N) is 2. The number of aryl methyl sites for hydroxylation is 2. The molecule has 118 valence electrons. The van der Waals surface area contributed by atoms with Gasteiger partial charge in [0.05, 0.1) is 19.5 Å². The predicted octanol–water partition coefficient (Wildman–Crippen LogP) is 2.75. The minimum atomic E-state index is -0.357. The highest BCUT2D eigenvalue weighted by Crippen LogP contribution is 2.35. The fraction of sp³-hybridized carbons (Fsp3) is 0.429. The molecule has 0 bridgehead atoms. The lowest BCUT2D eigenvalue weighted by Crippen LogP contribution is -2.04. The molecule has 0 N–H and O–H groups in total. The fourth-order valence-corrected chi connectivity index (χ4v) is 4.03. The van der Waals surface area contributed by atoms with Gasteiger partial charge in [-0.2, -0.15) is 0 Å². The van der Waals surface area contributed by atoms with E-state index in [1.54, 1.807) is 13.8 Å². The van der Waals surface area contributed by atoms with Crippen LogP contribution in [0.3, 0.4) is 0 Å². The Balaban J connectivity index is 2.47. The van der Waals surface area contributed by atoms with E-state index in [2.05, 4.69) is 14.7 Å². The minimum absolute atomic E-state index is 0.159. The van der Waals surface area contributed by atoms with E-state index in [0.29, 0.717) is 22.3 Å². The largest absolute Gasteiger partial charge is 0.468 e. The highest BCUT2D eigenvalue weighted by Gasteiger charge is 2.21. The Morgan fingerprint density at radius 1 is 1.27 bits per heavy atom. The SMILES string of the molecule is CCOC(=O)c1sc2nc(C)nc(SCC(=O)OC)c2c1C. The number of carbonyl (C=O) groups excluding carboxylic acids is 2. The van der Waals surface area contributed by atoms with Crippen LogP contribution in [-0.2, 0) is 14.3 Å². The standard InChI is InChI=1S/C14H16N2O4S2/c1-5-20-14(18)11-7(2)10-12(21-6-9(17)19-4)15-8(3)16-13(10)22-11/h5-6H2,1-4H3. The number of esters is 2. The van der Waals surface area contributed by atoms with Gasteiger partial charge in [0, 0.05) is 5.39 Å². The highest BCUT2D eigenvalue weighted by molar-refractivity contribution is 8.00. The van der Waals surface area contributed by atoms with Crippen LogP contribution in [0.1, 0.15) is 28.0 Å². The maximum Gasteiger partial charge on any atom is 0.348 e. The smallest absolute Gasteiger partial charge is 0.348 e. The summed E-state index contributed by atoms with van der Waals surface area (Å²) in [7, 11) is 1.35. The van der Waals surface area contributed by atoms with Crippen LogP contribution in [0, 0.1) is 13.8 Å². The zero-order chi connectivity index (χ0) is 16.3. The number of methoxy groups -OCH3 is 1. The first-order chi connectivity index (χ1) is 10.5. The van der Waals surface area contributed by atoms with Crippen LogP contribution in [0.4, 0.5) is 0 Å². The molecule has 2 aromatic rings. The molecule has 2 heterocycles. The quantitative estimate of drug-likeness (QED) is 0.470. The molecule has 0 aliphatic heterocycles. The van der Waals surface area contributed by atoms with Gasteiger partial charge in [0.25, 0.3) is 0 Å². The third-order valence-electron chi connectivity index (χ3n) is 2.88. The van der Waals surface area contributed by atoms with Gasteiger partial charge >= 0.3 is 11.9 Å². The molecule has 0 aliphatic carbocycles. The van der Waals surface area contributed by atoms with Crippen molar-refractivity contribution in [3.05, 3.63) is 16.3 Å². The van der Waals surface area contributed by atoms with E-state index >= 15 is 0 Å². The number of ether oxygens (including phenoxy) is 2. The molecule has 0 radical (unpaired) electrons. The van der Waals surface area contributed by atoms with Crippen LogP contribution in [0.15, 0.2) is 5.03 Å². The lowest BCUT2D eigenvalue weighted by molar-refractivity contribution is -0.137. The van der Waals surface area contributed by atoms with E-state index in [9.17, 15) is 9.59 Å². The van der Waals surface area contributed by atoms with Crippen molar-refractivity contribution >= 4 is 45.3 Å². The van der Waals surface area contributed by atoms with E-state index in [1.165, 1.54) is 30.2 Å². The average molecular weight is 340 g/mol. The Hall–Kier alpha value is -1.67. The molecular weight excluding hydrogens is 324 g/mol. The second-order valence-electron chi connectivity index (χ2n) is 4.40. The molecule has 0 amide bonds. The van der Waals surface area contributed by atoms with Gasteiger partial charge in [-0.3, -0.25) is 4.79 Å². The molecular formula is C14H16N2O4S2. The van der Waals surface area contributed by atoms with Crippen molar-refractivity contribution in [3.63, 3.8) is 0 Å². The van der Waals surface area contributed by atoms with Crippen molar-refractivity contribution in [2.24, 2.45) is 0 Å². The Kier molecular flexibility index (Phi) is 5.36. The molecule has 6 nitrogen and oxygen atoms in total. The second kappa shape index (κ2) is 7.06. The number of thioether (sulfide) groups is 1. The molecule has 0 aliphatic rings. The monoisotopic (exact) mass is 340 g/mol. The van der Waals surface area contributed by atoms with Crippen LogP contribution in [0.5, 0.6) is 0 Å². The molecule has 0 aromatic carbocycles. The molecule has 8 heteroatoms. The predicted molar refractivity (Wildman–Crippen MR) is 85.6 cm³/mol. The van der Waals surface area contributed by atoms with Gasteiger partial charge in [-0.15, -0.1) is 11.3 Å². The Bertz CT molecular complexity index is 727. The lowest BCUT2D eigenvalue weighted by Gasteiger charge is -2.04. The van der Waals surface area contributed by atoms with Gasteiger partial charge < -0.3 is 9.47 Å². The van der Waals surface area contributed by atoms with Crippen molar-refractivity contribution in [1.29, 1.82) is 0 Å². The molecule has 0 spiro atoms. The second-order valence-corrected chi connectivity index (χ2v) is 6.36. The van der Waals surface area contributed by atoms with Crippen LogP contribution >= 0.6 is 23.1 Å². The summed E-state index contributed by atoms with van der Waals surface area (Å²) in [6, 6.07) is 0. The number of hydrogen-bond donors (Lipinski definition) is 0. The van der Waals surface area contributed by atoms with E-state index < -0.39 is 0 Å². The number of aromatic nitrogens is 2. The van der Waals surface area contributed by atoms with E-state index in [4.69, 9.17) is 4.74 Å². The molecule has 0 saturated carbocycles. The van der Waals surface area contributed by atoms with Crippen molar-refractivity contribution in [1.82, 2.24) is 9.97 Å². The lowest BCUT2D eigenvalue weighted by atomic mass is 10.2. The first-order valence-electron chi connectivity index (χ1n) is 6.62. The van der Waals surface area contributed by atoms with Crippen LogP contribution in [-0.4, -0.2) is 41.4 Å². The highest BCUT2D eigenvalue weighted by atomic mass is 32.2. The number of thiophene rings is 1. The summed E-state index contributed by atoms with van der Waals surface area (Å²) in [6.45, 7) is 5.70. The van der Waals surface area contributed by atoms with Gasteiger partial charge in [-0.05, 0) is 26.3 Å². The fourth-order valence-electron chi connectivity index (χ4n) is 1.89. The summed E-state index contributed by atoms with van der Waals surface area (Å²) in [5.74, 6) is 0.0699. The van der Waals surface area contributed by atoms with Crippen LogP contribution < -0.4 is 0 Å². The van der Waals surface area contributed by atoms with Crippen LogP contribution in [0.2, 0.25) is 0 Å². The number of hydrogen-bond acceptors (Lipinski definition) is 8. The maximum atomic E-state index is 12.0. The van der Waals surface area contributed by atoms with E-state index in [0.717, 1.165) is 15.8 Å². The molecule has 0 atom stereocenters. The third kappa shape index (κ3) is 3.38. The Labute approximate surface area is 136 Å². The molecule has 2 aromatic heterocycles. The van der Waals surface area contributed by atoms with Gasteiger partial charge in [0.1, 0.15) is 20.6 Å². The zero-order valence-electron chi connectivity index (χ0n) is 12.8. The summed E-state index contributed by atoms with van der Waals surface area (Å²) in [5, 5.41) is 1.48. The van der Waals surface area contributed by atoms with Crippen molar-refractivity contribution < 1.29 is 19.1 Å². The molecule has 2 rings (SSSR count). The summed E-state index contributed by atoms with van der Waals surface area (Å²) in [5.41, 5.74) is 0.783. The summed E-state index contributed by atoms with van der Waals surface area (Å²) in [6.07, 6.45) is 0. The first-order valence-corrected chi connectivity index (χ1v) is 8.42. The minimum Gasteiger partial charge on any atom is -0.468 e. The zero-order valence-corrected chi connectivity index (χ0v) is 14.4. The summed E-state index contributed by atoms with van der Waals surface area (Å²) < 4.78 is 9.71. The molecule has 0 saturated heterocycles. The Morgan fingerprint density at radius 2 is 2.00 bits per heavy atom. The van der Waals surface area contributed by atoms with Gasteiger partial charge in [-0.25, -0.2) is 14.8 Å². The van der Waals surface area contributed by atoms with Gasteiger partial charge in [0.2, 0.25) is 0 Å². The summed E-state index contributed by atoms with van der Waals surface area (Å²) >= 11 is 2.56. The number of carbonyl (C=O) groups is 2. The Morgan fingerprint density at radius 3 is 2.64 bits per heavy atom. The van der Waals surface area contributed by atoms with Gasteiger partial charge in [-0.1, -0.05) is 11.8 Å². The number of rotatable bonds is 5. The molecule has 22 heavy (non-hydrogen) atoms. The topological polar surface area (TPSA) is 78.4 Å². The third-order valence-corrected chi connectivity index (χ3v) is 5.00. The summed E-state index contributed by atoms with van der Waals surface area (Å²) in [4.78, 5) is 33.3. The van der Waals surface area contributed by atoms with Crippen LogP contribution in [0.25, 0.3) is 10.2 Å². The van der Waals surface area contributed by atoms with Gasteiger partial charge in [0.15, 0.2) is 0 Å². The number of fused-ring (bicyclic) bond motifs is 1. The normalized spacial score (nSPS) is 10.7. The maximum absolute atomic E-state index is 12.0. The first kappa shape index (κ1) is 16.7. The molecule has 0 fully saturated rings.